The Labute approximate surface area is 157 Å². The van der Waals surface area contributed by atoms with Crippen LogP contribution in [0.15, 0.2) is 41.4 Å². The molecule has 0 fully saturated rings. The minimum absolute atomic E-state index is 0.0155. The van der Waals surface area contributed by atoms with Crippen LogP contribution in [-0.4, -0.2) is 30.2 Å². The fourth-order valence-corrected chi connectivity index (χ4v) is 2.64. The molecule has 1 unspecified atom stereocenters. The van der Waals surface area contributed by atoms with Gasteiger partial charge in [0.2, 0.25) is 0 Å². The Kier molecular flexibility index (Phi) is 5.36. The van der Waals surface area contributed by atoms with Crippen LogP contribution in [0.5, 0.6) is 0 Å². The van der Waals surface area contributed by atoms with Gasteiger partial charge in [-0.3, -0.25) is 4.89 Å². The summed E-state index contributed by atoms with van der Waals surface area (Å²) in [5, 5.41) is 2.64. The first-order valence-corrected chi connectivity index (χ1v) is 8.01. The monoisotopic (exact) mass is 399 g/mol. The average molecular weight is 400 g/mol. The highest BCUT2D eigenvalue weighted by molar-refractivity contribution is 6.30. The van der Waals surface area contributed by atoms with Gasteiger partial charge in [0.1, 0.15) is 17.5 Å². The molecular formula is C17H13ClF3N3O3. The third-order valence-corrected chi connectivity index (χ3v) is 3.87. The van der Waals surface area contributed by atoms with E-state index in [0.717, 1.165) is 25.1 Å². The zero-order valence-electron chi connectivity index (χ0n) is 14.1. The van der Waals surface area contributed by atoms with E-state index in [4.69, 9.17) is 16.5 Å². The fraction of sp³-hybridized carbons (Fsp3) is 0.176. The Bertz CT molecular complexity index is 926. The van der Waals surface area contributed by atoms with Crippen molar-refractivity contribution in [2.24, 2.45) is 4.99 Å². The molecule has 0 aliphatic carbocycles. The highest BCUT2D eigenvalue weighted by Gasteiger charge is 2.37. The van der Waals surface area contributed by atoms with Crippen LogP contribution in [0.1, 0.15) is 12.5 Å². The van der Waals surface area contributed by atoms with Crippen molar-refractivity contribution < 1.29 is 27.7 Å². The van der Waals surface area contributed by atoms with Crippen molar-refractivity contribution >= 4 is 29.1 Å². The van der Waals surface area contributed by atoms with Crippen LogP contribution in [-0.2, 0) is 14.6 Å². The largest absolute Gasteiger partial charge is 0.339 e. The summed E-state index contributed by atoms with van der Waals surface area (Å²) < 4.78 is 42.1. The molecule has 142 valence electrons. The smallest absolute Gasteiger partial charge is 0.295 e. The molecule has 0 bridgehead atoms. The number of hydrogen-bond acceptors (Lipinski definition) is 6. The summed E-state index contributed by atoms with van der Waals surface area (Å²) in [7, 11) is 1.46. The molecule has 6 nitrogen and oxygen atoms in total. The molecule has 0 saturated carbocycles. The molecule has 2 aromatic rings. The Morgan fingerprint density at radius 3 is 2.52 bits per heavy atom. The standard InChI is InChI=1S/C17H13ClF3N3O3/c1-9(25)26-27-17-22-16(12-5-4-11(19)8-13(12)20)24(23(17)2)15-6-3-10(18)7-14(15)21/h3-8,17H,1-2H3. The van der Waals surface area contributed by atoms with Gasteiger partial charge in [0, 0.05) is 25.1 Å². The molecule has 0 radical (unpaired) electrons. The Morgan fingerprint density at radius 1 is 1.15 bits per heavy atom. The first-order valence-electron chi connectivity index (χ1n) is 7.63. The van der Waals surface area contributed by atoms with E-state index in [1.165, 1.54) is 29.2 Å². The van der Waals surface area contributed by atoms with Gasteiger partial charge in [-0.2, -0.15) is 5.01 Å². The van der Waals surface area contributed by atoms with Crippen molar-refractivity contribution in [3.63, 3.8) is 0 Å². The fourth-order valence-electron chi connectivity index (χ4n) is 2.48. The normalized spacial score (nSPS) is 17.2. The van der Waals surface area contributed by atoms with Crippen molar-refractivity contribution in [1.82, 2.24) is 5.01 Å². The SMILES string of the molecule is CC(=O)OOC1N=C(c2ccc(F)cc2F)N(c2ccc(Cl)cc2F)N1C. The van der Waals surface area contributed by atoms with Crippen molar-refractivity contribution in [3.8, 4) is 0 Å². The lowest BCUT2D eigenvalue weighted by Crippen LogP contribution is -2.44. The number of carbonyl (C=O) groups excluding carboxylic acids is 1. The van der Waals surface area contributed by atoms with Crippen LogP contribution in [0.2, 0.25) is 5.02 Å². The molecule has 3 rings (SSSR count). The Morgan fingerprint density at radius 2 is 1.89 bits per heavy atom. The van der Waals surface area contributed by atoms with E-state index in [0.29, 0.717) is 6.07 Å². The molecular weight excluding hydrogens is 387 g/mol. The molecule has 1 atom stereocenters. The van der Waals surface area contributed by atoms with Gasteiger partial charge in [0.25, 0.3) is 6.35 Å². The lowest BCUT2D eigenvalue weighted by Gasteiger charge is -2.29. The van der Waals surface area contributed by atoms with Crippen molar-refractivity contribution in [2.75, 3.05) is 12.1 Å². The van der Waals surface area contributed by atoms with Gasteiger partial charge in [-0.05, 0) is 30.3 Å². The van der Waals surface area contributed by atoms with Crippen LogP contribution < -0.4 is 5.01 Å². The third-order valence-electron chi connectivity index (χ3n) is 3.63. The number of rotatable bonds is 4. The summed E-state index contributed by atoms with van der Waals surface area (Å²) in [4.78, 5) is 24.5. The van der Waals surface area contributed by atoms with Gasteiger partial charge >= 0.3 is 5.97 Å². The van der Waals surface area contributed by atoms with Crippen molar-refractivity contribution in [3.05, 3.63) is 64.4 Å². The van der Waals surface area contributed by atoms with Crippen LogP contribution in [0.3, 0.4) is 0 Å². The number of carbonyl (C=O) groups is 1. The molecule has 10 heteroatoms. The zero-order chi connectivity index (χ0) is 19.7. The van der Waals surface area contributed by atoms with E-state index in [2.05, 4.69) is 9.88 Å². The van der Waals surface area contributed by atoms with E-state index in [9.17, 15) is 18.0 Å². The number of nitrogens with zero attached hydrogens (tertiary/aromatic N) is 3. The van der Waals surface area contributed by atoms with E-state index in [-0.39, 0.29) is 22.1 Å². The maximum atomic E-state index is 14.5. The van der Waals surface area contributed by atoms with Crippen LogP contribution in [0, 0.1) is 17.5 Å². The number of aliphatic imine (C=N–C) groups is 1. The van der Waals surface area contributed by atoms with Gasteiger partial charge in [-0.1, -0.05) is 11.6 Å². The predicted molar refractivity (Wildman–Crippen MR) is 91.2 cm³/mol. The van der Waals surface area contributed by atoms with Gasteiger partial charge in [-0.15, -0.1) is 4.89 Å². The molecule has 1 aliphatic heterocycles. The molecule has 1 aliphatic rings. The highest BCUT2D eigenvalue weighted by Crippen LogP contribution is 2.31. The first kappa shape index (κ1) is 19.2. The van der Waals surface area contributed by atoms with Crippen LogP contribution in [0.25, 0.3) is 0 Å². The van der Waals surface area contributed by atoms with E-state index < -0.39 is 29.8 Å². The summed E-state index contributed by atoms with van der Waals surface area (Å²) in [5.74, 6) is -3.20. The van der Waals surface area contributed by atoms with Gasteiger partial charge in [0.15, 0.2) is 5.84 Å². The maximum Gasteiger partial charge on any atom is 0.339 e. The molecule has 0 aromatic heterocycles. The van der Waals surface area contributed by atoms with Gasteiger partial charge < -0.3 is 0 Å². The summed E-state index contributed by atoms with van der Waals surface area (Å²) in [5.41, 5.74) is -0.121. The molecule has 0 amide bonds. The Balaban J connectivity index is 2.08. The molecule has 0 spiro atoms. The van der Waals surface area contributed by atoms with Crippen molar-refractivity contribution in [1.29, 1.82) is 0 Å². The predicted octanol–water partition coefficient (Wildman–Crippen LogP) is 3.65. The number of amidine groups is 1. The van der Waals surface area contributed by atoms with Crippen LogP contribution >= 0.6 is 11.6 Å². The number of anilines is 1. The lowest BCUT2D eigenvalue weighted by molar-refractivity contribution is -0.316. The lowest BCUT2D eigenvalue weighted by atomic mass is 10.1. The third kappa shape index (κ3) is 3.90. The Hall–Kier alpha value is -2.62. The van der Waals surface area contributed by atoms with E-state index in [1.807, 2.05) is 0 Å². The summed E-state index contributed by atoms with van der Waals surface area (Å²) in [6, 6.07) is 6.74. The van der Waals surface area contributed by atoms with Crippen LogP contribution in [0.4, 0.5) is 18.9 Å². The summed E-state index contributed by atoms with van der Waals surface area (Å²) >= 11 is 5.78. The zero-order valence-corrected chi connectivity index (χ0v) is 14.9. The topological polar surface area (TPSA) is 54.4 Å². The second-order valence-corrected chi connectivity index (χ2v) is 5.99. The van der Waals surface area contributed by atoms with Gasteiger partial charge in [0.05, 0.1) is 11.3 Å². The minimum atomic E-state index is -1.22. The molecule has 0 N–H and O–H groups in total. The number of halogens is 4. The highest BCUT2D eigenvalue weighted by atomic mass is 35.5. The number of hydrogen-bond donors (Lipinski definition) is 0. The van der Waals surface area contributed by atoms with E-state index >= 15 is 0 Å². The first-order chi connectivity index (χ1) is 12.8. The molecule has 2 aromatic carbocycles. The average Bonchev–Trinajstić information content (AvgIpc) is 2.89. The van der Waals surface area contributed by atoms with Gasteiger partial charge in [-0.25, -0.2) is 28.0 Å². The second kappa shape index (κ2) is 7.55. The summed E-state index contributed by atoms with van der Waals surface area (Å²) in [6.07, 6.45) is -1.22. The quantitative estimate of drug-likeness (QED) is 0.580. The second-order valence-electron chi connectivity index (χ2n) is 5.56. The number of hydrazine groups is 1. The molecule has 1 heterocycles. The van der Waals surface area contributed by atoms with Crippen molar-refractivity contribution in [2.45, 2.75) is 13.3 Å². The minimum Gasteiger partial charge on any atom is -0.295 e. The maximum absolute atomic E-state index is 14.5. The summed E-state index contributed by atoms with van der Waals surface area (Å²) in [6.45, 7) is 1.12. The molecule has 0 saturated heterocycles. The number of benzene rings is 2. The van der Waals surface area contributed by atoms with E-state index in [1.54, 1.807) is 0 Å². The molecule has 27 heavy (non-hydrogen) atoms.